The largest absolute Gasteiger partial charge is 0.496 e. The molecule has 3 rings (SSSR count). The van der Waals surface area contributed by atoms with Crippen molar-refractivity contribution in [3.63, 3.8) is 0 Å². The lowest BCUT2D eigenvalue weighted by molar-refractivity contribution is 0.0973. The molecule has 6 nitrogen and oxygen atoms in total. The first-order valence-corrected chi connectivity index (χ1v) is 11.1. The van der Waals surface area contributed by atoms with Gasteiger partial charge in [-0.25, -0.2) is 0 Å². The Morgan fingerprint density at radius 3 is 2.41 bits per heavy atom. The highest BCUT2D eigenvalue weighted by Gasteiger charge is 2.17. The van der Waals surface area contributed by atoms with Crippen LogP contribution in [0, 0.1) is 0 Å². The number of anilines is 2. The summed E-state index contributed by atoms with van der Waals surface area (Å²) in [5, 5.41) is 5.73. The Hall–Kier alpha value is -3.23. The summed E-state index contributed by atoms with van der Waals surface area (Å²) < 4.78 is 5.84. The van der Waals surface area contributed by atoms with Crippen molar-refractivity contribution in [1.82, 2.24) is 5.32 Å². The van der Waals surface area contributed by atoms with Gasteiger partial charge in [0.1, 0.15) is 5.75 Å². The highest BCUT2D eigenvalue weighted by atomic mass is 79.9. The molecule has 3 aromatic rings. The maximum Gasteiger partial charge on any atom is 0.258 e. The molecule has 0 saturated heterocycles. The van der Waals surface area contributed by atoms with Crippen molar-refractivity contribution in [3.05, 3.63) is 88.4 Å². The lowest BCUT2D eigenvalue weighted by Crippen LogP contribution is -2.34. The summed E-state index contributed by atoms with van der Waals surface area (Å²) in [5.74, 6) is 0.139. The Balaban J connectivity index is 1.68. The third kappa shape index (κ3) is 5.72. The molecule has 0 spiro atoms. The zero-order chi connectivity index (χ0) is 23.1. The Kier molecular flexibility index (Phi) is 7.97. The minimum Gasteiger partial charge on any atom is -0.496 e. The maximum absolute atomic E-state index is 13.0. The van der Waals surface area contributed by atoms with E-state index in [0.717, 1.165) is 5.69 Å². The number of ether oxygens (including phenoxy) is 1. The number of nitrogens with zero attached hydrogens (tertiary/aromatic N) is 1. The fourth-order valence-corrected chi connectivity index (χ4v) is 3.83. The smallest absolute Gasteiger partial charge is 0.258 e. The first-order valence-electron chi connectivity index (χ1n) is 9.85. The van der Waals surface area contributed by atoms with Crippen LogP contribution in [-0.4, -0.2) is 30.6 Å². The molecule has 8 heteroatoms. The van der Waals surface area contributed by atoms with Crippen LogP contribution >= 0.6 is 28.1 Å². The average molecular weight is 512 g/mol. The van der Waals surface area contributed by atoms with Crippen LogP contribution in [0.15, 0.2) is 77.3 Å². The van der Waals surface area contributed by atoms with Gasteiger partial charge in [-0.15, -0.1) is 0 Å². The van der Waals surface area contributed by atoms with E-state index < -0.39 is 0 Å². The van der Waals surface area contributed by atoms with E-state index in [4.69, 9.17) is 17.0 Å². The highest BCUT2D eigenvalue weighted by Crippen LogP contribution is 2.25. The molecular weight excluding hydrogens is 490 g/mol. The number of methoxy groups -OCH3 is 1. The molecular formula is C24H22BrN3O3S. The molecule has 0 bridgehead atoms. The second-order valence-electron chi connectivity index (χ2n) is 6.72. The van der Waals surface area contributed by atoms with Gasteiger partial charge in [0, 0.05) is 29.0 Å². The topological polar surface area (TPSA) is 70.7 Å². The molecule has 0 aliphatic carbocycles. The van der Waals surface area contributed by atoms with Crippen molar-refractivity contribution in [2.75, 3.05) is 23.9 Å². The van der Waals surface area contributed by atoms with Gasteiger partial charge in [-0.3, -0.25) is 14.9 Å². The van der Waals surface area contributed by atoms with Gasteiger partial charge in [-0.2, -0.15) is 0 Å². The number of thiocarbonyl (C=S) groups is 1. The van der Waals surface area contributed by atoms with Crippen LogP contribution in [0.1, 0.15) is 27.6 Å². The van der Waals surface area contributed by atoms with Crippen molar-refractivity contribution in [2.45, 2.75) is 6.92 Å². The normalized spacial score (nSPS) is 10.2. The summed E-state index contributed by atoms with van der Waals surface area (Å²) in [6, 6.07) is 21.5. The number of amides is 2. The highest BCUT2D eigenvalue weighted by molar-refractivity contribution is 9.10. The van der Waals surface area contributed by atoms with Gasteiger partial charge >= 0.3 is 0 Å². The molecule has 0 saturated carbocycles. The SMILES string of the molecule is CCN(C(=O)c1cccc(NC(=S)NC(=O)c2ccc(OC)c(Br)c2)c1)c1ccccc1. The van der Waals surface area contributed by atoms with Gasteiger partial charge in [-0.05, 0) is 83.6 Å². The van der Waals surface area contributed by atoms with Crippen LogP contribution in [0.3, 0.4) is 0 Å². The maximum atomic E-state index is 13.0. The van der Waals surface area contributed by atoms with Gasteiger partial charge in [0.15, 0.2) is 5.11 Å². The second kappa shape index (κ2) is 10.9. The molecule has 0 fully saturated rings. The molecule has 2 amide bonds. The van der Waals surface area contributed by atoms with Crippen LogP contribution in [0.5, 0.6) is 5.75 Å². The summed E-state index contributed by atoms with van der Waals surface area (Å²) in [4.78, 5) is 27.2. The van der Waals surface area contributed by atoms with Crippen LogP contribution < -0.4 is 20.3 Å². The number of halogens is 1. The Bertz CT molecular complexity index is 1140. The molecule has 2 N–H and O–H groups in total. The van der Waals surface area contributed by atoms with Crippen molar-refractivity contribution in [2.24, 2.45) is 0 Å². The third-order valence-electron chi connectivity index (χ3n) is 4.64. The molecule has 32 heavy (non-hydrogen) atoms. The molecule has 0 atom stereocenters. The number of rotatable bonds is 6. The predicted molar refractivity (Wildman–Crippen MR) is 135 cm³/mol. The van der Waals surface area contributed by atoms with E-state index >= 15 is 0 Å². The first-order chi connectivity index (χ1) is 15.4. The summed E-state index contributed by atoms with van der Waals surface area (Å²) in [7, 11) is 1.55. The summed E-state index contributed by atoms with van der Waals surface area (Å²) in [5.41, 5.74) is 2.36. The van der Waals surface area contributed by atoms with Gasteiger partial charge in [0.25, 0.3) is 11.8 Å². The molecule has 164 valence electrons. The fraction of sp³-hybridized carbons (Fsp3) is 0.125. The predicted octanol–water partition coefficient (Wildman–Crippen LogP) is 5.25. The van der Waals surface area contributed by atoms with Crippen LogP contribution in [0.25, 0.3) is 0 Å². The van der Waals surface area contributed by atoms with E-state index in [2.05, 4.69) is 26.6 Å². The number of carbonyl (C=O) groups excluding carboxylic acids is 2. The molecule has 0 aliphatic heterocycles. The Morgan fingerprint density at radius 1 is 1.00 bits per heavy atom. The van der Waals surface area contributed by atoms with Crippen molar-refractivity contribution < 1.29 is 14.3 Å². The monoisotopic (exact) mass is 511 g/mol. The number of benzene rings is 3. The van der Waals surface area contributed by atoms with Crippen LogP contribution in [0.4, 0.5) is 11.4 Å². The molecule has 0 heterocycles. The van der Waals surface area contributed by atoms with Crippen molar-refractivity contribution in [1.29, 1.82) is 0 Å². The van der Waals surface area contributed by atoms with E-state index in [1.165, 1.54) is 0 Å². The number of para-hydroxylation sites is 1. The second-order valence-corrected chi connectivity index (χ2v) is 7.99. The van der Waals surface area contributed by atoms with Gasteiger partial charge in [0.05, 0.1) is 11.6 Å². The lowest BCUT2D eigenvalue weighted by atomic mass is 10.1. The van der Waals surface area contributed by atoms with Gasteiger partial charge in [0.2, 0.25) is 0 Å². The van der Waals surface area contributed by atoms with Crippen molar-refractivity contribution in [3.8, 4) is 5.75 Å². The lowest BCUT2D eigenvalue weighted by Gasteiger charge is -2.21. The van der Waals surface area contributed by atoms with Crippen LogP contribution in [0.2, 0.25) is 0 Å². The minimum absolute atomic E-state index is 0.125. The Morgan fingerprint density at radius 2 is 1.75 bits per heavy atom. The fourth-order valence-electron chi connectivity index (χ4n) is 3.08. The van der Waals surface area contributed by atoms with Crippen LogP contribution in [-0.2, 0) is 0 Å². The zero-order valence-corrected chi connectivity index (χ0v) is 20.0. The summed E-state index contributed by atoms with van der Waals surface area (Å²) >= 11 is 8.64. The van der Waals surface area contributed by atoms with Crippen molar-refractivity contribution >= 4 is 56.4 Å². The van der Waals surface area contributed by atoms with E-state index in [1.54, 1.807) is 54.5 Å². The van der Waals surface area contributed by atoms with Gasteiger partial charge in [-0.1, -0.05) is 24.3 Å². The molecule has 0 unspecified atom stereocenters. The van der Waals surface area contributed by atoms with E-state index in [1.807, 2.05) is 37.3 Å². The van der Waals surface area contributed by atoms with E-state index in [0.29, 0.717) is 33.6 Å². The number of carbonyl (C=O) groups is 2. The minimum atomic E-state index is -0.362. The zero-order valence-electron chi connectivity index (χ0n) is 17.6. The number of hydrogen-bond donors (Lipinski definition) is 2. The first kappa shape index (κ1) is 23.4. The van der Waals surface area contributed by atoms with E-state index in [-0.39, 0.29) is 16.9 Å². The van der Waals surface area contributed by atoms with Gasteiger partial charge < -0.3 is 15.0 Å². The summed E-state index contributed by atoms with van der Waals surface area (Å²) in [6.07, 6.45) is 0. The number of nitrogens with one attached hydrogen (secondary N) is 2. The standard InChI is InChI=1S/C24H22BrN3O3S/c1-3-28(19-10-5-4-6-11-19)23(30)17-8-7-9-18(14-17)26-24(32)27-22(29)16-12-13-21(31-2)20(25)15-16/h4-15H,3H2,1-2H3,(H2,26,27,29,32). The average Bonchev–Trinajstić information content (AvgIpc) is 2.80. The Labute approximate surface area is 200 Å². The number of hydrogen-bond acceptors (Lipinski definition) is 4. The molecule has 0 radical (unpaired) electrons. The third-order valence-corrected chi connectivity index (χ3v) is 5.46. The summed E-state index contributed by atoms with van der Waals surface area (Å²) in [6.45, 7) is 2.46. The van der Waals surface area contributed by atoms with E-state index in [9.17, 15) is 9.59 Å². The quantitative estimate of drug-likeness (QED) is 0.442. The molecule has 0 aromatic heterocycles. The molecule has 3 aromatic carbocycles. The molecule has 0 aliphatic rings.